The number of pyridine rings is 1. The van der Waals surface area contributed by atoms with E-state index in [2.05, 4.69) is 29.6 Å². The van der Waals surface area contributed by atoms with Gasteiger partial charge in [-0.1, -0.05) is 36.4 Å². The average molecular weight is 442 g/mol. The lowest BCUT2D eigenvalue weighted by atomic mass is 9.83. The SMILES string of the molecule is O=C(Nc1ccccc1)N1CC2CC(C1)c1ccc(-c3cc4ccccc4s3)c(=O)n1C2. The Morgan fingerprint density at radius 2 is 1.75 bits per heavy atom. The molecular weight excluding hydrogens is 418 g/mol. The summed E-state index contributed by atoms with van der Waals surface area (Å²) in [7, 11) is 0. The predicted molar refractivity (Wildman–Crippen MR) is 129 cm³/mol. The van der Waals surface area contributed by atoms with Crippen molar-refractivity contribution in [2.24, 2.45) is 5.92 Å². The molecule has 0 radical (unpaired) electrons. The van der Waals surface area contributed by atoms with Crippen LogP contribution in [0.5, 0.6) is 0 Å². The number of benzene rings is 2. The minimum absolute atomic E-state index is 0.0661. The Labute approximate surface area is 189 Å². The number of anilines is 1. The zero-order chi connectivity index (χ0) is 21.7. The highest BCUT2D eigenvalue weighted by molar-refractivity contribution is 7.22. The van der Waals surface area contributed by atoms with Crippen molar-refractivity contribution in [2.75, 3.05) is 18.4 Å². The molecular formula is C26H23N3O2S. The van der Waals surface area contributed by atoms with Crippen molar-refractivity contribution < 1.29 is 4.79 Å². The van der Waals surface area contributed by atoms with Crippen molar-refractivity contribution in [3.05, 3.63) is 88.8 Å². The number of carbonyl (C=O) groups excluding carboxylic acids is 1. The predicted octanol–water partition coefficient (Wildman–Crippen LogP) is 5.38. The number of hydrogen-bond donors (Lipinski definition) is 1. The summed E-state index contributed by atoms with van der Waals surface area (Å²) in [6.07, 6.45) is 1.02. The molecule has 2 aromatic heterocycles. The first kappa shape index (κ1) is 19.3. The number of rotatable bonds is 2. The quantitative estimate of drug-likeness (QED) is 0.454. The van der Waals surface area contributed by atoms with Gasteiger partial charge in [0.2, 0.25) is 0 Å². The van der Waals surface area contributed by atoms with E-state index in [1.54, 1.807) is 11.3 Å². The minimum Gasteiger partial charge on any atom is -0.324 e. The van der Waals surface area contributed by atoms with Gasteiger partial charge in [-0.15, -0.1) is 11.3 Å². The number of thiophene rings is 1. The summed E-state index contributed by atoms with van der Waals surface area (Å²) in [6, 6.07) is 23.9. The molecule has 2 aliphatic rings. The van der Waals surface area contributed by atoms with Gasteiger partial charge in [0.05, 0.1) is 5.56 Å². The molecule has 1 fully saturated rings. The highest BCUT2D eigenvalue weighted by Gasteiger charge is 2.36. The van der Waals surface area contributed by atoms with E-state index in [1.807, 2.05) is 58.0 Å². The molecule has 0 saturated carbocycles. The molecule has 2 amide bonds. The maximum absolute atomic E-state index is 13.5. The third kappa shape index (κ3) is 3.31. The first-order chi connectivity index (χ1) is 15.7. The standard InChI is InChI=1S/C26H23N3O2S/c30-25-21(24-13-18-6-4-5-9-23(18)32-24)10-11-22-19-12-17(15-29(22)25)14-28(16-19)26(31)27-20-7-2-1-3-8-20/h1-11,13,17,19H,12,14-16H2,(H,27,31). The zero-order valence-corrected chi connectivity index (χ0v) is 18.3. The van der Waals surface area contributed by atoms with Crippen LogP contribution in [0, 0.1) is 5.92 Å². The summed E-state index contributed by atoms with van der Waals surface area (Å²) in [5, 5.41) is 4.17. The van der Waals surface area contributed by atoms with Crippen LogP contribution in [0.25, 0.3) is 20.5 Å². The first-order valence-electron chi connectivity index (χ1n) is 11.0. The molecule has 2 atom stereocenters. The number of fused-ring (bicyclic) bond motifs is 5. The van der Waals surface area contributed by atoms with E-state index in [4.69, 9.17) is 0 Å². The fraction of sp³-hybridized carbons (Fsp3) is 0.231. The number of carbonyl (C=O) groups is 1. The van der Waals surface area contributed by atoms with Crippen molar-refractivity contribution in [1.82, 2.24) is 9.47 Å². The molecule has 2 aliphatic heterocycles. The Morgan fingerprint density at radius 1 is 0.938 bits per heavy atom. The van der Waals surface area contributed by atoms with Gasteiger partial charge in [0.1, 0.15) is 0 Å². The fourth-order valence-electron chi connectivity index (χ4n) is 5.14. The second kappa shape index (κ2) is 7.64. The van der Waals surface area contributed by atoms with Crippen LogP contribution in [0.1, 0.15) is 18.0 Å². The first-order valence-corrected chi connectivity index (χ1v) is 11.8. The molecule has 1 N–H and O–H groups in total. The molecule has 2 aromatic carbocycles. The summed E-state index contributed by atoms with van der Waals surface area (Å²) < 4.78 is 3.16. The maximum atomic E-state index is 13.5. The molecule has 160 valence electrons. The van der Waals surface area contributed by atoms with E-state index >= 15 is 0 Å². The number of urea groups is 1. The molecule has 2 bridgehead atoms. The fourth-order valence-corrected chi connectivity index (χ4v) is 6.22. The van der Waals surface area contributed by atoms with Crippen LogP contribution in [0.15, 0.2) is 77.6 Å². The molecule has 0 aliphatic carbocycles. The van der Waals surface area contributed by atoms with E-state index in [0.29, 0.717) is 19.6 Å². The summed E-state index contributed by atoms with van der Waals surface area (Å²) >= 11 is 1.67. The summed E-state index contributed by atoms with van der Waals surface area (Å²) in [5.41, 5.74) is 2.71. The molecule has 1 saturated heterocycles. The molecule has 4 heterocycles. The Bertz CT molecular complexity index is 1340. The Morgan fingerprint density at radius 3 is 2.59 bits per heavy atom. The number of hydrogen-bond acceptors (Lipinski definition) is 3. The van der Waals surface area contributed by atoms with Crippen LogP contribution in [-0.2, 0) is 6.54 Å². The molecule has 32 heavy (non-hydrogen) atoms. The highest BCUT2D eigenvalue weighted by Crippen LogP contribution is 2.37. The van der Waals surface area contributed by atoms with Crippen molar-refractivity contribution in [3.63, 3.8) is 0 Å². The van der Waals surface area contributed by atoms with Crippen molar-refractivity contribution in [3.8, 4) is 10.4 Å². The van der Waals surface area contributed by atoms with Gasteiger partial charge in [-0.05, 0) is 54.1 Å². The van der Waals surface area contributed by atoms with E-state index in [-0.39, 0.29) is 23.4 Å². The maximum Gasteiger partial charge on any atom is 0.321 e. The Balaban J connectivity index is 1.29. The van der Waals surface area contributed by atoms with Crippen LogP contribution in [-0.4, -0.2) is 28.6 Å². The topological polar surface area (TPSA) is 54.3 Å². The number of nitrogens with one attached hydrogen (secondary N) is 1. The Kier molecular flexibility index (Phi) is 4.61. The second-order valence-corrected chi connectivity index (χ2v) is 9.82. The van der Waals surface area contributed by atoms with E-state index in [1.165, 1.54) is 10.1 Å². The average Bonchev–Trinajstić information content (AvgIpc) is 3.24. The van der Waals surface area contributed by atoms with Gasteiger partial charge in [0.15, 0.2) is 0 Å². The van der Waals surface area contributed by atoms with Gasteiger partial charge >= 0.3 is 6.03 Å². The molecule has 0 spiro atoms. The van der Waals surface area contributed by atoms with E-state index in [0.717, 1.165) is 28.2 Å². The minimum atomic E-state index is -0.0661. The van der Waals surface area contributed by atoms with E-state index < -0.39 is 0 Å². The summed E-state index contributed by atoms with van der Waals surface area (Å²) in [5.74, 6) is 0.478. The lowest BCUT2D eigenvalue weighted by molar-refractivity contribution is 0.139. The van der Waals surface area contributed by atoms with Crippen LogP contribution in [0.4, 0.5) is 10.5 Å². The van der Waals surface area contributed by atoms with Gasteiger partial charge in [-0.3, -0.25) is 4.79 Å². The van der Waals surface area contributed by atoms with Crippen molar-refractivity contribution in [1.29, 1.82) is 0 Å². The molecule has 5 nitrogen and oxygen atoms in total. The second-order valence-electron chi connectivity index (χ2n) is 8.74. The highest BCUT2D eigenvalue weighted by atomic mass is 32.1. The van der Waals surface area contributed by atoms with Gasteiger partial charge in [-0.25, -0.2) is 4.79 Å². The molecule has 6 heteroatoms. The summed E-state index contributed by atoms with van der Waals surface area (Å²) in [6.45, 7) is 1.98. The van der Waals surface area contributed by atoms with E-state index in [9.17, 15) is 9.59 Å². The number of likely N-dealkylation sites (tertiary alicyclic amines) is 1. The third-order valence-electron chi connectivity index (χ3n) is 6.61. The van der Waals surface area contributed by atoms with Crippen LogP contribution in [0.3, 0.4) is 0 Å². The van der Waals surface area contributed by atoms with Crippen LogP contribution >= 0.6 is 11.3 Å². The van der Waals surface area contributed by atoms with Gasteiger partial charge < -0.3 is 14.8 Å². The zero-order valence-electron chi connectivity index (χ0n) is 17.5. The molecule has 6 rings (SSSR count). The number of nitrogens with zero attached hydrogens (tertiary/aromatic N) is 2. The van der Waals surface area contributed by atoms with Crippen LogP contribution in [0.2, 0.25) is 0 Å². The van der Waals surface area contributed by atoms with Crippen molar-refractivity contribution in [2.45, 2.75) is 18.9 Å². The van der Waals surface area contributed by atoms with Crippen molar-refractivity contribution >= 4 is 33.1 Å². The number of amides is 2. The van der Waals surface area contributed by atoms with Gasteiger partial charge in [0.25, 0.3) is 5.56 Å². The van der Waals surface area contributed by atoms with Gasteiger partial charge in [-0.2, -0.15) is 0 Å². The normalized spacial score (nSPS) is 19.6. The van der Waals surface area contributed by atoms with Gasteiger partial charge in [0, 0.05) is 46.5 Å². The number of piperidine rings is 1. The largest absolute Gasteiger partial charge is 0.324 e. The third-order valence-corrected chi connectivity index (χ3v) is 7.76. The van der Waals surface area contributed by atoms with Crippen LogP contribution < -0.4 is 10.9 Å². The molecule has 2 unspecified atom stereocenters. The number of para-hydroxylation sites is 1. The lowest BCUT2D eigenvalue weighted by Gasteiger charge is -2.42. The smallest absolute Gasteiger partial charge is 0.321 e. The Hall–Kier alpha value is -3.38. The molecule has 4 aromatic rings. The summed E-state index contributed by atoms with van der Waals surface area (Å²) in [4.78, 5) is 29.2. The monoisotopic (exact) mass is 441 g/mol. The number of aromatic nitrogens is 1. The lowest BCUT2D eigenvalue weighted by Crippen LogP contribution is -2.50.